The summed E-state index contributed by atoms with van der Waals surface area (Å²) in [4.78, 5) is 12.0. The van der Waals surface area contributed by atoms with E-state index in [1.54, 1.807) is 18.3 Å². The molecule has 0 radical (unpaired) electrons. The highest BCUT2D eigenvalue weighted by molar-refractivity contribution is 7.10. The SMILES string of the molecule is CC(NC(C)c1cccs1)C(N)=O. The van der Waals surface area contributed by atoms with E-state index in [1.807, 2.05) is 24.4 Å². The molecule has 0 aliphatic carbocycles. The van der Waals surface area contributed by atoms with E-state index in [9.17, 15) is 4.79 Å². The number of nitrogens with two attached hydrogens (primary N) is 1. The first kappa shape index (κ1) is 10.2. The van der Waals surface area contributed by atoms with E-state index in [4.69, 9.17) is 5.73 Å². The molecule has 4 heteroatoms. The van der Waals surface area contributed by atoms with Crippen LogP contribution in [0.2, 0.25) is 0 Å². The van der Waals surface area contributed by atoms with Crippen LogP contribution in [0.4, 0.5) is 0 Å². The fourth-order valence-corrected chi connectivity index (χ4v) is 1.82. The van der Waals surface area contributed by atoms with Crippen molar-refractivity contribution < 1.29 is 4.79 Å². The molecule has 1 amide bonds. The molecule has 2 unspecified atom stereocenters. The Balaban J connectivity index is 2.51. The van der Waals surface area contributed by atoms with Crippen molar-refractivity contribution in [2.24, 2.45) is 5.73 Å². The molecule has 1 aromatic heterocycles. The molecule has 3 N–H and O–H groups in total. The van der Waals surface area contributed by atoms with Gasteiger partial charge in [0.05, 0.1) is 6.04 Å². The molecule has 0 aliphatic rings. The van der Waals surface area contributed by atoms with Gasteiger partial charge in [-0.05, 0) is 25.3 Å². The lowest BCUT2D eigenvalue weighted by Gasteiger charge is -2.15. The number of hydrogen-bond donors (Lipinski definition) is 2. The van der Waals surface area contributed by atoms with Gasteiger partial charge in [0, 0.05) is 10.9 Å². The molecule has 3 nitrogen and oxygen atoms in total. The van der Waals surface area contributed by atoms with Crippen LogP contribution >= 0.6 is 11.3 Å². The van der Waals surface area contributed by atoms with Crippen molar-refractivity contribution >= 4 is 17.2 Å². The number of rotatable bonds is 4. The summed E-state index contributed by atoms with van der Waals surface area (Å²) in [6, 6.07) is 3.93. The van der Waals surface area contributed by atoms with Gasteiger partial charge >= 0.3 is 0 Å². The molecule has 0 aliphatic heterocycles. The van der Waals surface area contributed by atoms with Gasteiger partial charge in [-0.3, -0.25) is 10.1 Å². The smallest absolute Gasteiger partial charge is 0.234 e. The second-order valence-electron chi connectivity index (χ2n) is 3.03. The van der Waals surface area contributed by atoms with Crippen molar-refractivity contribution in [1.82, 2.24) is 5.32 Å². The third kappa shape index (κ3) is 2.82. The first-order chi connectivity index (χ1) is 6.11. The Hall–Kier alpha value is -0.870. The van der Waals surface area contributed by atoms with Crippen molar-refractivity contribution in [2.75, 3.05) is 0 Å². The maximum atomic E-state index is 10.8. The van der Waals surface area contributed by atoms with Crippen LogP contribution in [0, 0.1) is 0 Å². The van der Waals surface area contributed by atoms with E-state index in [1.165, 1.54) is 4.88 Å². The lowest BCUT2D eigenvalue weighted by atomic mass is 10.2. The highest BCUT2D eigenvalue weighted by Gasteiger charge is 2.13. The van der Waals surface area contributed by atoms with Crippen molar-refractivity contribution in [1.29, 1.82) is 0 Å². The van der Waals surface area contributed by atoms with Crippen molar-refractivity contribution in [2.45, 2.75) is 25.9 Å². The van der Waals surface area contributed by atoms with Gasteiger partial charge < -0.3 is 5.73 Å². The summed E-state index contributed by atoms with van der Waals surface area (Å²) in [5.41, 5.74) is 5.14. The van der Waals surface area contributed by atoms with Crippen LogP contribution in [0.25, 0.3) is 0 Å². The zero-order chi connectivity index (χ0) is 9.84. The van der Waals surface area contributed by atoms with Gasteiger partial charge in [-0.15, -0.1) is 11.3 Å². The molecule has 72 valence electrons. The lowest BCUT2D eigenvalue weighted by molar-refractivity contribution is -0.119. The summed E-state index contributed by atoms with van der Waals surface area (Å²) in [5, 5.41) is 5.13. The Morgan fingerprint density at radius 3 is 2.77 bits per heavy atom. The fraction of sp³-hybridized carbons (Fsp3) is 0.444. The average molecular weight is 198 g/mol. The first-order valence-electron chi connectivity index (χ1n) is 4.20. The largest absolute Gasteiger partial charge is 0.368 e. The summed E-state index contributed by atoms with van der Waals surface area (Å²) in [6.07, 6.45) is 0. The Labute approximate surface area is 81.9 Å². The Bertz CT molecular complexity index is 271. The minimum Gasteiger partial charge on any atom is -0.368 e. The van der Waals surface area contributed by atoms with Crippen molar-refractivity contribution in [3.63, 3.8) is 0 Å². The number of amides is 1. The van der Waals surface area contributed by atoms with Crippen molar-refractivity contribution in [3.05, 3.63) is 22.4 Å². The monoisotopic (exact) mass is 198 g/mol. The molecule has 0 spiro atoms. The van der Waals surface area contributed by atoms with E-state index in [2.05, 4.69) is 5.32 Å². The van der Waals surface area contributed by atoms with Gasteiger partial charge in [-0.1, -0.05) is 6.07 Å². The maximum absolute atomic E-state index is 10.8. The molecule has 0 aromatic carbocycles. The van der Waals surface area contributed by atoms with Crippen molar-refractivity contribution in [3.8, 4) is 0 Å². The van der Waals surface area contributed by atoms with Crippen LogP contribution in [-0.2, 0) is 4.79 Å². The fourth-order valence-electron chi connectivity index (χ4n) is 1.08. The molecular formula is C9H14N2OS. The number of carbonyl (C=O) groups is 1. The van der Waals surface area contributed by atoms with Crippen LogP contribution in [0.1, 0.15) is 24.8 Å². The number of primary amides is 1. The average Bonchev–Trinajstić information content (AvgIpc) is 2.55. The predicted molar refractivity (Wildman–Crippen MR) is 54.5 cm³/mol. The summed E-state index contributed by atoms with van der Waals surface area (Å²) in [7, 11) is 0. The number of hydrogen-bond acceptors (Lipinski definition) is 3. The Kier molecular flexibility index (Phi) is 3.45. The van der Waals surface area contributed by atoms with Gasteiger partial charge in [0.2, 0.25) is 5.91 Å². The van der Waals surface area contributed by atoms with Crippen LogP contribution in [0.15, 0.2) is 17.5 Å². The van der Waals surface area contributed by atoms with Crippen LogP contribution in [-0.4, -0.2) is 11.9 Å². The lowest BCUT2D eigenvalue weighted by Crippen LogP contribution is -2.39. The maximum Gasteiger partial charge on any atom is 0.234 e. The molecule has 1 heterocycles. The Morgan fingerprint density at radius 2 is 2.31 bits per heavy atom. The second-order valence-corrected chi connectivity index (χ2v) is 4.01. The predicted octanol–water partition coefficient (Wildman–Crippen LogP) is 1.27. The van der Waals surface area contributed by atoms with E-state index < -0.39 is 0 Å². The third-order valence-electron chi connectivity index (χ3n) is 1.90. The molecule has 2 atom stereocenters. The van der Waals surface area contributed by atoms with Gasteiger partial charge in [0.25, 0.3) is 0 Å². The van der Waals surface area contributed by atoms with Gasteiger partial charge in [0.1, 0.15) is 0 Å². The van der Waals surface area contributed by atoms with Crippen LogP contribution in [0.5, 0.6) is 0 Å². The number of carbonyl (C=O) groups excluding carboxylic acids is 1. The zero-order valence-electron chi connectivity index (χ0n) is 7.78. The molecule has 1 aromatic rings. The van der Waals surface area contributed by atoms with Gasteiger partial charge in [-0.2, -0.15) is 0 Å². The first-order valence-corrected chi connectivity index (χ1v) is 5.08. The molecule has 0 saturated carbocycles. The minimum atomic E-state index is -0.316. The minimum absolute atomic E-state index is 0.183. The highest BCUT2D eigenvalue weighted by atomic mass is 32.1. The molecule has 0 fully saturated rings. The quantitative estimate of drug-likeness (QED) is 0.765. The summed E-state index contributed by atoms with van der Waals surface area (Å²) >= 11 is 1.67. The number of nitrogens with one attached hydrogen (secondary N) is 1. The summed E-state index contributed by atoms with van der Waals surface area (Å²) in [6.45, 7) is 3.79. The highest BCUT2D eigenvalue weighted by Crippen LogP contribution is 2.18. The summed E-state index contributed by atoms with van der Waals surface area (Å²) in [5.74, 6) is -0.316. The normalized spacial score (nSPS) is 15.2. The van der Waals surface area contributed by atoms with Crippen LogP contribution < -0.4 is 11.1 Å². The van der Waals surface area contributed by atoms with E-state index >= 15 is 0 Å². The van der Waals surface area contributed by atoms with Crippen LogP contribution in [0.3, 0.4) is 0 Å². The molecular weight excluding hydrogens is 184 g/mol. The Morgan fingerprint density at radius 1 is 1.62 bits per heavy atom. The standard InChI is InChI=1S/C9H14N2OS/c1-6(8-4-3-5-13-8)11-7(2)9(10)12/h3-7,11H,1-2H3,(H2,10,12). The van der Waals surface area contributed by atoms with E-state index in [-0.39, 0.29) is 18.0 Å². The third-order valence-corrected chi connectivity index (χ3v) is 2.95. The zero-order valence-corrected chi connectivity index (χ0v) is 8.60. The van der Waals surface area contributed by atoms with E-state index in [0.717, 1.165) is 0 Å². The topological polar surface area (TPSA) is 55.1 Å². The molecule has 0 bridgehead atoms. The summed E-state index contributed by atoms with van der Waals surface area (Å²) < 4.78 is 0. The number of thiophene rings is 1. The van der Waals surface area contributed by atoms with E-state index in [0.29, 0.717) is 0 Å². The molecule has 0 saturated heterocycles. The second kappa shape index (κ2) is 4.39. The van der Waals surface area contributed by atoms with Gasteiger partial charge in [-0.25, -0.2) is 0 Å². The molecule has 13 heavy (non-hydrogen) atoms. The van der Waals surface area contributed by atoms with Gasteiger partial charge in [0.15, 0.2) is 0 Å². The molecule has 1 rings (SSSR count).